The molecule has 6 N–H and O–H groups in total. The number of hydrogen-bond acceptors (Lipinski definition) is 8. The van der Waals surface area contributed by atoms with E-state index in [0.29, 0.717) is 29.9 Å². The summed E-state index contributed by atoms with van der Waals surface area (Å²) in [6.07, 6.45) is 1.48. The highest BCUT2D eigenvalue weighted by Crippen LogP contribution is 2.45. The van der Waals surface area contributed by atoms with E-state index < -0.39 is 24.5 Å². The van der Waals surface area contributed by atoms with Gasteiger partial charge in [0.1, 0.15) is 23.8 Å². The Morgan fingerprint density at radius 3 is 2.56 bits per heavy atom. The summed E-state index contributed by atoms with van der Waals surface area (Å²) >= 11 is 0. The summed E-state index contributed by atoms with van der Waals surface area (Å²) in [5.74, 6) is 0. The van der Waals surface area contributed by atoms with Crippen molar-refractivity contribution in [2.75, 3.05) is 37.7 Å². The van der Waals surface area contributed by atoms with Crippen molar-refractivity contribution in [3.63, 3.8) is 0 Å². The number of imidazole rings is 1. The highest BCUT2D eigenvalue weighted by atomic mass is 16.6. The fourth-order valence-electron chi connectivity index (χ4n) is 5.26. The van der Waals surface area contributed by atoms with E-state index in [1.807, 2.05) is 31.3 Å². The topological polar surface area (TPSA) is 151 Å². The number of anilines is 2. The second-order valence-corrected chi connectivity index (χ2v) is 12.1. The van der Waals surface area contributed by atoms with E-state index in [2.05, 4.69) is 46.3 Å². The van der Waals surface area contributed by atoms with Crippen LogP contribution in [0.25, 0.3) is 11.2 Å². The van der Waals surface area contributed by atoms with Crippen LogP contribution in [0, 0.1) is 5.41 Å². The molecule has 210 valence electrons. The molecule has 1 aromatic carbocycles. The molecule has 2 unspecified atom stereocenters. The van der Waals surface area contributed by atoms with Gasteiger partial charge in [0.05, 0.1) is 12.0 Å². The lowest BCUT2D eigenvalue weighted by Crippen LogP contribution is -2.43. The number of nitrogens with zero attached hydrogens (tertiary/aromatic N) is 4. The van der Waals surface area contributed by atoms with Crippen LogP contribution >= 0.6 is 0 Å². The van der Waals surface area contributed by atoms with Gasteiger partial charge in [-0.1, -0.05) is 32.9 Å². The standard InChI is InChI=1S/C28H39N7O4/c1-27(2,3)17-5-7-18(8-6-17)33-26(38)31-14-28(10-11-28)15-34(4)13-20-22(36)23(37)25(39-20)35-16-32-21-19(29)9-12-30-24(21)35/h5-9,12,16,20,22-23,25,36-37H,10-11,13-15H2,1-4H3,(H2,29,30)(H2,31,33,38)/t20-,22?,23?,25-/m1/s1. The zero-order valence-corrected chi connectivity index (χ0v) is 23.0. The maximum Gasteiger partial charge on any atom is 0.319 e. The van der Waals surface area contributed by atoms with Crippen LogP contribution in [0.5, 0.6) is 0 Å². The van der Waals surface area contributed by atoms with Gasteiger partial charge in [-0.2, -0.15) is 0 Å². The normalized spacial score (nSPS) is 24.3. The van der Waals surface area contributed by atoms with Crippen molar-refractivity contribution in [3.05, 3.63) is 48.4 Å². The molecule has 3 aromatic rings. The van der Waals surface area contributed by atoms with Gasteiger partial charge in [0.15, 0.2) is 11.9 Å². The Hall–Kier alpha value is -3.25. The molecular weight excluding hydrogens is 498 g/mol. The van der Waals surface area contributed by atoms with Gasteiger partial charge in [-0.05, 0) is 49.1 Å². The van der Waals surface area contributed by atoms with Crippen LogP contribution in [0.15, 0.2) is 42.9 Å². The largest absolute Gasteiger partial charge is 0.397 e. The number of ether oxygens (including phenoxy) is 1. The first-order valence-corrected chi connectivity index (χ1v) is 13.4. The number of amides is 2. The minimum Gasteiger partial charge on any atom is -0.397 e. The first kappa shape index (κ1) is 27.3. The molecule has 3 heterocycles. The predicted molar refractivity (Wildman–Crippen MR) is 149 cm³/mol. The minimum atomic E-state index is -1.14. The van der Waals surface area contributed by atoms with Crippen molar-refractivity contribution in [3.8, 4) is 0 Å². The monoisotopic (exact) mass is 537 g/mol. The van der Waals surface area contributed by atoms with Crippen molar-refractivity contribution in [2.45, 2.75) is 63.6 Å². The van der Waals surface area contributed by atoms with Gasteiger partial charge in [0.2, 0.25) is 0 Å². The summed E-state index contributed by atoms with van der Waals surface area (Å²) in [7, 11) is 1.96. The number of carbonyl (C=O) groups excluding carboxylic acids is 1. The maximum absolute atomic E-state index is 12.5. The minimum absolute atomic E-state index is 0.0221. The third kappa shape index (κ3) is 5.86. The van der Waals surface area contributed by atoms with Crippen LogP contribution in [0.4, 0.5) is 16.2 Å². The molecule has 2 aromatic heterocycles. The Kier molecular flexibility index (Phi) is 7.27. The van der Waals surface area contributed by atoms with Gasteiger partial charge in [-0.15, -0.1) is 0 Å². The summed E-state index contributed by atoms with van der Waals surface area (Å²) in [4.78, 5) is 23.2. The van der Waals surface area contributed by atoms with Gasteiger partial charge < -0.3 is 36.2 Å². The van der Waals surface area contributed by atoms with Gasteiger partial charge in [0, 0.05) is 36.9 Å². The number of likely N-dealkylation sites (N-methyl/N-ethyl adjacent to an activating group) is 1. The molecule has 0 spiro atoms. The molecule has 2 aliphatic rings. The van der Waals surface area contributed by atoms with Gasteiger partial charge in [-0.25, -0.2) is 14.8 Å². The number of pyridine rings is 1. The molecule has 0 radical (unpaired) electrons. The van der Waals surface area contributed by atoms with Crippen LogP contribution in [-0.2, 0) is 10.2 Å². The van der Waals surface area contributed by atoms with Crippen molar-refractivity contribution < 1.29 is 19.7 Å². The van der Waals surface area contributed by atoms with E-state index in [0.717, 1.165) is 25.1 Å². The van der Waals surface area contributed by atoms with Gasteiger partial charge in [0.25, 0.3) is 0 Å². The zero-order chi connectivity index (χ0) is 27.9. The van der Waals surface area contributed by atoms with Gasteiger partial charge >= 0.3 is 6.03 Å². The Bertz CT molecular complexity index is 1320. The van der Waals surface area contributed by atoms with Crippen LogP contribution in [0.1, 0.15) is 45.4 Å². The average Bonchev–Trinajstić information content (AvgIpc) is 3.41. The molecule has 5 rings (SSSR count). The molecule has 1 saturated heterocycles. The molecule has 1 aliphatic carbocycles. The molecule has 2 amide bonds. The summed E-state index contributed by atoms with van der Waals surface area (Å²) in [5, 5.41) is 27.4. The number of fused-ring (bicyclic) bond motifs is 1. The fraction of sp³-hybridized carbons (Fsp3) is 0.536. The smallest absolute Gasteiger partial charge is 0.319 e. The predicted octanol–water partition coefficient (Wildman–Crippen LogP) is 2.46. The number of aliphatic hydroxyl groups excluding tert-OH is 2. The molecule has 39 heavy (non-hydrogen) atoms. The summed E-state index contributed by atoms with van der Waals surface area (Å²) in [6, 6.07) is 9.36. The number of nitrogen functional groups attached to an aromatic ring is 1. The quantitative estimate of drug-likeness (QED) is 0.294. The third-order valence-corrected chi connectivity index (χ3v) is 7.79. The Morgan fingerprint density at radius 1 is 1.18 bits per heavy atom. The number of urea groups is 1. The molecule has 11 nitrogen and oxygen atoms in total. The zero-order valence-electron chi connectivity index (χ0n) is 23.0. The van der Waals surface area contributed by atoms with E-state index >= 15 is 0 Å². The average molecular weight is 538 g/mol. The number of aliphatic hydroxyl groups is 2. The first-order chi connectivity index (χ1) is 18.5. The molecule has 1 aliphatic heterocycles. The lowest BCUT2D eigenvalue weighted by molar-refractivity contribution is -0.0432. The summed E-state index contributed by atoms with van der Waals surface area (Å²) in [5.41, 5.74) is 9.49. The molecule has 1 saturated carbocycles. The number of hydrogen-bond donors (Lipinski definition) is 5. The number of aromatic nitrogens is 3. The highest BCUT2D eigenvalue weighted by Gasteiger charge is 2.47. The Balaban J connectivity index is 1.13. The van der Waals surface area contributed by atoms with Crippen LogP contribution < -0.4 is 16.4 Å². The summed E-state index contributed by atoms with van der Waals surface area (Å²) in [6.45, 7) is 8.17. The third-order valence-electron chi connectivity index (χ3n) is 7.79. The van der Waals surface area contributed by atoms with Crippen molar-refractivity contribution >= 4 is 28.6 Å². The number of nitrogens with two attached hydrogens (primary N) is 1. The molecule has 11 heteroatoms. The van der Waals surface area contributed by atoms with Crippen molar-refractivity contribution in [2.24, 2.45) is 5.41 Å². The second-order valence-electron chi connectivity index (χ2n) is 12.1. The van der Waals surface area contributed by atoms with E-state index in [9.17, 15) is 15.0 Å². The maximum atomic E-state index is 12.5. The van der Waals surface area contributed by atoms with Crippen molar-refractivity contribution in [1.82, 2.24) is 24.8 Å². The number of rotatable bonds is 8. The van der Waals surface area contributed by atoms with Crippen LogP contribution in [0.2, 0.25) is 0 Å². The lowest BCUT2D eigenvalue weighted by atomic mass is 9.87. The van der Waals surface area contributed by atoms with E-state index in [1.54, 1.807) is 16.8 Å². The molecule has 4 atom stereocenters. The SMILES string of the molecule is CN(C[C@H]1O[C@@H](n2cnc3c(N)ccnc32)C(O)C1O)CC1(CNC(=O)Nc2ccc(C(C)(C)C)cc2)CC1. The Labute approximate surface area is 228 Å². The summed E-state index contributed by atoms with van der Waals surface area (Å²) < 4.78 is 7.71. The van der Waals surface area contributed by atoms with E-state index in [1.165, 1.54) is 11.9 Å². The molecular formula is C28H39N7O4. The second kappa shape index (κ2) is 10.4. The van der Waals surface area contributed by atoms with Gasteiger partial charge in [-0.3, -0.25) is 4.57 Å². The van der Waals surface area contributed by atoms with Crippen LogP contribution in [0.3, 0.4) is 0 Å². The first-order valence-electron chi connectivity index (χ1n) is 13.4. The van der Waals surface area contributed by atoms with E-state index in [4.69, 9.17) is 10.5 Å². The Morgan fingerprint density at radius 2 is 1.90 bits per heavy atom. The number of nitrogens with one attached hydrogen (secondary N) is 2. The number of carbonyl (C=O) groups is 1. The molecule has 2 fully saturated rings. The number of benzene rings is 1. The van der Waals surface area contributed by atoms with Crippen LogP contribution in [-0.4, -0.2) is 80.7 Å². The lowest BCUT2D eigenvalue weighted by Gasteiger charge is -2.27. The van der Waals surface area contributed by atoms with E-state index in [-0.39, 0.29) is 16.9 Å². The fourth-order valence-corrected chi connectivity index (χ4v) is 5.26. The highest BCUT2D eigenvalue weighted by molar-refractivity contribution is 5.89. The van der Waals surface area contributed by atoms with Crippen molar-refractivity contribution in [1.29, 1.82) is 0 Å². The molecule has 0 bridgehead atoms.